The van der Waals surface area contributed by atoms with E-state index in [9.17, 15) is 4.39 Å². The minimum absolute atomic E-state index is 0.105. The van der Waals surface area contributed by atoms with Crippen LogP contribution in [0.15, 0.2) is 18.2 Å². The van der Waals surface area contributed by atoms with Gasteiger partial charge in [-0.1, -0.05) is 12.5 Å². The summed E-state index contributed by atoms with van der Waals surface area (Å²) in [6, 6.07) is 6.26. The molecule has 0 spiro atoms. The van der Waals surface area contributed by atoms with E-state index in [-0.39, 0.29) is 5.82 Å². The predicted octanol–water partition coefficient (Wildman–Crippen LogP) is 3.28. The molecule has 20 heavy (non-hydrogen) atoms. The van der Waals surface area contributed by atoms with Crippen molar-refractivity contribution in [3.05, 3.63) is 35.1 Å². The van der Waals surface area contributed by atoms with Crippen LogP contribution in [0.5, 0.6) is 0 Å². The van der Waals surface area contributed by atoms with Gasteiger partial charge >= 0.3 is 0 Å². The maximum Gasteiger partial charge on any atom is 0.123 e. The average Bonchev–Trinajstić information content (AvgIpc) is 2.88. The summed E-state index contributed by atoms with van der Waals surface area (Å²) in [4.78, 5) is 2.59. The quantitative estimate of drug-likeness (QED) is 0.908. The third kappa shape index (κ3) is 3.04. The van der Waals surface area contributed by atoms with Crippen LogP contribution in [0.4, 0.5) is 4.39 Å². The summed E-state index contributed by atoms with van der Waals surface area (Å²) in [5.41, 5.74) is 2.49. The van der Waals surface area contributed by atoms with Crippen LogP contribution in [0.1, 0.15) is 49.8 Å². The van der Waals surface area contributed by atoms with Gasteiger partial charge in [-0.15, -0.1) is 0 Å². The summed E-state index contributed by atoms with van der Waals surface area (Å²) in [6.07, 6.45) is 6.18. The second kappa shape index (κ2) is 6.23. The fraction of sp³-hybridized carbons (Fsp3) is 0.647. The first-order valence-electron chi connectivity index (χ1n) is 8.00. The molecule has 0 saturated carbocycles. The van der Waals surface area contributed by atoms with Gasteiger partial charge in [0, 0.05) is 18.6 Å². The van der Waals surface area contributed by atoms with Crippen LogP contribution >= 0.6 is 0 Å². The molecule has 1 heterocycles. The fourth-order valence-corrected chi connectivity index (χ4v) is 3.60. The smallest absolute Gasteiger partial charge is 0.123 e. The van der Waals surface area contributed by atoms with Crippen molar-refractivity contribution in [3.8, 4) is 0 Å². The van der Waals surface area contributed by atoms with Gasteiger partial charge in [-0.05, 0) is 69.0 Å². The summed E-state index contributed by atoms with van der Waals surface area (Å²) in [5.74, 6) is -0.105. The lowest BCUT2D eigenvalue weighted by molar-refractivity contribution is 0.168. The van der Waals surface area contributed by atoms with Crippen LogP contribution < -0.4 is 5.32 Å². The number of benzene rings is 1. The van der Waals surface area contributed by atoms with E-state index in [0.717, 1.165) is 19.4 Å². The molecular formula is C17H25FN2. The number of hydrogen-bond donors (Lipinski definition) is 1. The average molecular weight is 276 g/mol. The Kier molecular flexibility index (Phi) is 4.37. The summed E-state index contributed by atoms with van der Waals surface area (Å²) in [6.45, 7) is 5.84. The number of fused-ring (bicyclic) bond motifs is 1. The molecule has 1 aromatic rings. The molecule has 0 radical (unpaired) electrons. The van der Waals surface area contributed by atoms with E-state index < -0.39 is 0 Å². The molecular weight excluding hydrogens is 251 g/mol. The lowest BCUT2D eigenvalue weighted by atomic mass is 10.1. The van der Waals surface area contributed by atoms with Gasteiger partial charge in [-0.3, -0.25) is 4.90 Å². The molecule has 0 bridgehead atoms. The normalized spacial score (nSPS) is 24.6. The zero-order chi connectivity index (χ0) is 13.9. The Balaban J connectivity index is 1.55. The van der Waals surface area contributed by atoms with Gasteiger partial charge in [-0.2, -0.15) is 0 Å². The molecule has 2 aliphatic rings. The van der Waals surface area contributed by atoms with Gasteiger partial charge in [-0.25, -0.2) is 4.39 Å². The number of hydrogen-bond acceptors (Lipinski definition) is 2. The fourth-order valence-electron chi connectivity index (χ4n) is 3.60. The van der Waals surface area contributed by atoms with E-state index in [1.807, 2.05) is 6.07 Å². The second-order valence-corrected chi connectivity index (χ2v) is 6.29. The molecule has 2 unspecified atom stereocenters. The third-order valence-corrected chi connectivity index (χ3v) is 4.86. The minimum atomic E-state index is -0.105. The van der Waals surface area contributed by atoms with Crippen molar-refractivity contribution in [3.63, 3.8) is 0 Å². The first-order chi connectivity index (χ1) is 9.74. The molecule has 1 N–H and O–H groups in total. The van der Waals surface area contributed by atoms with E-state index in [4.69, 9.17) is 0 Å². The van der Waals surface area contributed by atoms with Crippen molar-refractivity contribution in [1.29, 1.82) is 0 Å². The molecule has 3 heteroatoms. The van der Waals surface area contributed by atoms with Crippen LogP contribution in [-0.2, 0) is 6.42 Å². The Labute approximate surface area is 121 Å². The van der Waals surface area contributed by atoms with Gasteiger partial charge in [0.2, 0.25) is 0 Å². The molecule has 0 aromatic heterocycles. The zero-order valence-corrected chi connectivity index (χ0v) is 12.4. The maximum absolute atomic E-state index is 13.2. The Morgan fingerprint density at radius 1 is 1.30 bits per heavy atom. The molecule has 110 valence electrons. The Bertz CT molecular complexity index is 454. The topological polar surface area (TPSA) is 15.3 Å². The zero-order valence-electron chi connectivity index (χ0n) is 12.4. The van der Waals surface area contributed by atoms with Crippen LogP contribution in [0.3, 0.4) is 0 Å². The Hall–Kier alpha value is -0.930. The number of nitrogens with one attached hydrogen (secondary N) is 1. The monoisotopic (exact) mass is 276 g/mol. The highest BCUT2D eigenvalue weighted by molar-refractivity contribution is 5.34. The first kappa shape index (κ1) is 14.0. The van der Waals surface area contributed by atoms with Gasteiger partial charge in [0.15, 0.2) is 0 Å². The third-order valence-electron chi connectivity index (χ3n) is 4.86. The van der Waals surface area contributed by atoms with E-state index in [1.54, 1.807) is 12.1 Å². The van der Waals surface area contributed by atoms with Crippen molar-refractivity contribution in [2.45, 2.75) is 51.1 Å². The van der Waals surface area contributed by atoms with Gasteiger partial charge in [0.25, 0.3) is 0 Å². The number of rotatable bonds is 4. The Morgan fingerprint density at radius 2 is 2.10 bits per heavy atom. The summed E-state index contributed by atoms with van der Waals surface area (Å²) >= 11 is 0. The van der Waals surface area contributed by atoms with Crippen molar-refractivity contribution >= 4 is 0 Å². The molecule has 3 rings (SSSR count). The van der Waals surface area contributed by atoms with Crippen molar-refractivity contribution in [2.75, 3.05) is 19.6 Å². The van der Waals surface area contributed by atoms with Gasteiger partial charge in [0.05, 0.1) is 0 Å². The molecule has 1 aliphatic carbocycles. The highest BCUT2D eigenvalue weighted by Gasteiger charge is 2.24. The molecule has 1 saturated heterocycles. The van der Waals surface area contributed by atoms with Crippen molar-refractivity contribution in [1.82, 2.24) is 10.2 Å². The number of piperidine rings is 1. The number of aryl methyl sites for hydroxylation is 1. The lowest BCUT2D eigenvalue weighted by Gasteiger charge is -2.33. The maximum atomic E-state index is 13.2. The summed E-state index contributed by atoms with van der Waals surface area (Å²) < 4.78 is 13.2. The molecule has 1 aromatic carbocycles. The molecule has 2 atom stereocenters. The van der Waals surface area contributed by atoms with Crippen LogP contribution in [0.25, 0.3) is 0 Å². The van der Waals surface area contributed by atoms with Gasteiger partial charge < -0.3 is 5.32 Å². The van der Waals surface area contributed by atoms with E-state index >= 15 is 0 Å². The largest absolute Gasteiger partial charge is 0.308 e. The van der Waals surface area contributed by atoms with Crippen LogP contribution in [0, 0.1) is 5.82 Å². The molecule has 1 aliphatic heterocycles. The lowest BCUT2D eigenvalue weighted by Crippen LogP contribution is -2.43. The highest BCUT2D eigenvalue weighted by Crippen LogP contribution is 2.31. The van der Waals surface area contributed by atoms with Gasteiger partial charge in [0.1, 0.15) is 5.82 Å². The van der Waals surface area contributed by atoms with E-state index in [0.29, 0.717) is 12.1 Å². The molecule has 0 amide bonds. The number of nitrogens with zero attached hydrogens (tertiary/aromatic N) is 1. The van der Waals surface area contributed by atoms with Crippen molar-refractivity contribution < 1.29 is 4.39 Å². The number of halogens is 1. The molecule has 2 nitrogen and oxygen atoms in total. The Morgan fingerprint density at radius 3 is 2.90 bits per heavy atom. The highest BCUT2D eigenvalue weighted by atomic mass is 19.1. The minimum Gasteiger partial charge on any atom is -0.308 e. The number of likely N-dealkylation sites (tertiary alicyclic amines) is 1. The summed E-state index contributed by atoms with van der Waals surface area (Å²) in [7, 11) is 0. The standard InChI is InChI=1S/C17H25FN2/c1-13(20-9-3-2-4-10-20)12-19-17-8-5-14-11-15(18)6-7-16(14)17/h6-7,11,13,17,19H,2-5,8-10,12H2,1H3. The van der Waals surface area contributed by atoms with Crippen LogP contribution in [0.2, 0.25) is 0 Å². The van der Waals surface area contributed by atoms with E-state index in [1.165, 1.54) is 43.5 Å². The van der Waals surface area contributed by atoms with Crippen LogP contribution in [-0.4, -0.2) is 30.6 Å². The SMILES string of the molecule is CC(CNC1CCc2cc(F)ccc21)N1CCCCC1. The first-order valence-corrected chi connectivity index (χ1v) is 8.00. The van der Waals surface area contributed by atoms with Crippen molar-refractivity contribution in [2.24, 2.45) is 0 Å². The summed E-state index contributed by atoms with van der Waals surface area (Å²) in [5, 5.41) is 3.69. The predicted molar refractivity (Wildman–Crippen MR) is 80.4 cm³/mol. The molecule has 1 fully saturated rings. The van der Waals surface area contributed by atoms with E-state index in [2.05, 4.69) is 17.1 Å². The second-order valence-electron chi connectivity index (χ2n) is 6.29.